The summed E-state index contributed by atoms with van der Waals surface area (Å²) in [6.07, 6.45) is 5.70. The zero-order chi connectivity index (χ0) is 23.2. The van der Waals surface area contributed by atoms with Gasteiger partial charge in [-0.25, -0.2) is 14.8 Å². The summed E-state index contributed by atoms with van der Waals surface area (Å²) in [7, 11) is 1.47. The first kappa shape index (κ1) is 25.1. The first-order valence-electron chi connectivity index (χ1n) is 11.0. The zero-order valence-electron chi connectivity index (χ0n) is 19.6. The van der Waals surface area contributed by atoms with Crippen molar-refractivity contribution in [3.8, 4) is 0 Å². The minimum atomic E-state index is -0.427. The van der Waals surface area contributed by atoms with Crippen molar-refractivity contribution in [1.82, 2.24) is 24.4 Å². The van der Waals surface area contributed by atoms with Crippen molar-refractivity contribution >= 4 is 28.7 Å². The molecule has 0 unspecified atom stereocenters. The lowest BCUT2D eigenvalue weighted by molar-refractivity contribution is -0.119. The van der Waals surface area contributed by atoms with E-state index in [1.807, 2.05) is 27.7 Å². The van der Waals surface area contributed by atoms with Crippen LogP contribution < -0.4 is 16.6 Å². The fraction of sp³-hybridized carbons (Fsp3) is 0.682. The van der Waals surface area contributed by atoms with Gasteiger partial charge in [0.15, 0.2) is 5.65 Å². The van der Waals surface area contributed by atoms with Crippen LogP contribution in [0.25, 0.3) is 11.0 Å². The van der Waals surface area contributed by atoms with E-state index >= 15 is 0 Å². The standard InChI is InChI=1S/C22H35N5O3S/c1-7-9-10-11-12-15-23-18-17(20(29)26(6)21(30)27(18)13-8-2)19(24-15)31-14-16(28)25-22(3,4)5/h7-14H2,1-6H3,(H,25,28). The maximum Gasteiger partial charge on any atom is 0.332 e. The van der Waals surface area contributed by atoms with Gasteiger partial charge in [0.2, 0.25) is 5.91 Å². The van der Waals surface area contributed by atoms with Crippen molar-refractivity contribution in [3.63, 3.8) is 0 Å². The number of amides is 1. The third-order valence-corrected chi connectivity index (χ3v) is 5.73. The second-order valence-corrected chi connectivity index (χ2v) is 9.80. The molecule has 0 atom stereocenters. The molecule has 2 aromatic heterocycles. The molecule has 0 radical (unpaired) electrons. The number of unbranched alkanes of at least 4 members (excludes halogenated alkanes) is 3. The highest BCUT2D eigenvalue weighted by molar-refractivity contribution is 8.00. The van der Waals surface area contributed by atoms with Crippen molar-refractivity contribution in [3.05, 3.63) is 26.7 Å². The molecule has 0 aliphatic heterocycles. The molecule has 0 fully saturated rings. The molecule has 9 heteroatoms. The normalized spacial score (nSPS) is 11.8. The molecule has 0 aliphatic rings. The average molecular weight is 450 g/mol. The first-order chi connectivity index (χ1) is 14.6. The van der Waals surface area contributed by atoms with E-state index in [9.17, 15) is 14.4 Å². The summed E-state index contributed by atoms with van der Waals surface area (Å²) < 4.78 is 2.65. The number of nitrogens with zero attached hydrogens (tertiary/aromatic N) is 4. The lowest BCUT2D eigenvalue weighted by Gasteiger charge is -2.20. The third kappa shape index (κ3) is 6.66. The fourth-order valence-corrected chi connectivity index (χ4v) is 4.15. The predicted molar refractivity (Wildman–Crippen MR) is 126 cm³/mol. The van der Waals surface area contributed by atoms with Crippen LogP contribution in [0.15, 0.2) is 14.6 Å². The molecule has 2 rings (SSSR count). The number of aryl methyl sites for hydroxylation is 2. The predicted octanol–water partition coefficient (Wildman–Crippen LogP) is 3.03. The van der Waals surface area contributed by atoms with Gasteiger partial charge >= 0.3 is 5.69 Å². The summed E-state index contributed by atoms with van der Waals surface area (Å²) in [5, 5.41) is 3.70. The second kappa shape index (κ2) is 10.9. The van der Waals surface area contributed by atoms with Gasteiger partial charge < -0.3 is 5.32 Å². The second-order valence-electron chi connectivity index (χ2n) is 8.84. The van der Waals surface area contributed by atoms with Gasteiger partial charge in [-0.2, -0.15) is 0 Å². The van der Waals surface area contributed by atoms with Crippen molar-refractivity contribution in [2.24, 2.45) is 7.05 Å². The molecule has 172 valence electrons. The smallest absolute Gasteiger partial charge is 0.332 e. The first-order valence-corrected chi connectivity index (χ1v) is 12.0. The minimum Gasteiger partial charge on any atom is -0.351 e. The number of rotatable bonds is 10. The van der Waals surface area contributed by atoms with E-state index in [0.29, 0.717) is 34.8 Å². The lowest BCUT2D eigenvalue weighted by Crippen LogP contribution is -2.41. The average Bonchev–Trinajstić information content (AvgIpc) is 2.69. The number of carbonyl (C=O) groups excluding carboxylic acids is 1. The summed E-state index contributed by atoms with van der Waals surface area (Å²) in [5.41, 5.74) is -0.776. The van der Waals surface area contributed by atoms with Gasteiger partial charge in [-0.1, -0.05) is 44.9 Å². The van der Waals surface area contributed by atoms with Crippen LogP contribution in [-0.4, -0.2) is 36.3 Å². The molecule has 0 spiro atoms. The largest absolute Gasteiger partial charge is 0.351 e. The summed E-state index contributed by atoms with van der Waals surface area (Å²) in [6, 6.07) is 0. The van der Waals surface area contributed by atoms with Crippen LogP contribution in [0.2, 0.25) is 0 Å². The van der Waals surface area contributed by atoms with Crippen LogP contribution in [-0.2, 0) is 24.8 Å². The van der Waals surface area contributed by atoms with Crippen LogP contribution in [0.1, 0.15) is 72.5 Å². The Bertz CT molecular complexity index is 1040. The molecule has 0 aliphatic carbocycles. The van der Waals surface area contributed by atoms with Crippen molar-refractivity contribution in [2.75, 3.05) is 5.75 Å². The Hall–Kier alpha value is -2.16. The van der Waals surface area contributed by atoms with E-state index in [4.69, 9.17) is 0 Å². The topological polar surface area (TPSA) is 98.9 Å². The molecule has 31 heavy (non-hydrogen) atoms. The van der Waals surface area contributed by atoms with Gasteiger partial charge in [0, 0.05) is 25.6 Å². The Morgan fingerprint density at radius 3 is 2.39 bits per heavy atom. The SMILES string of the molecule is CCCCCCc1nc(SCC(=O)NC(C)(C)C)c2c(=O)n(C)c(=O)n(CCC)c2n1. The Morgan fingerprint density at radius 2 is 1.77 bits per heavy atom. The van der Waals surface area contributed by atoms with Crippen LogP contribution in [0.4, 0.5) is 0 Å². The number of hydrogen-bond donors (Lipinski definition) is 1. The monoisotopic (exact) mass is 449 g/mol. The van der Waals surface area contributed by atoms with E-state index in [1.165, 1.54) is 18.8 Å². The number of thioether (sulfide) groups is 1. The molecule has 1 N–H and O–H groups in total. The fourth-order valence-electron chi connectivity index (χ4n) is 3.32. The molecule has 0 aromatic carbocycles. The van der Waals surface area contributed by atoms with Gasteiger partial charge in [0.25, 0.3) is 5.56 Å². The number of fused-ring (bicyclic) bond motifs is 1. The Labute approximate surface area is 187 Å². The van der Waals surface area contributed by atoms with Gasteiger partial charge in [0.1, 0.15) is 16.2 Å². The summed E-state index contributed by atoms with van der Waals surface area (Å²) in [6.45, 7) is 10.4. The number of carbonyl (C=O) groups is 1. The molecular weight excluding hydrogens is 414 g/mol. The van der Waals surface area contributed by atoms with Crippen LogP contribution >= 0.6 is 11.8 Å². The third-order valence-electron chi connectivity index (χ3n) is 4.75. The Balaban J connectivity index is 2.54. The minimum absolute atomic E-state index is 0.132. The van der Waals surface area contributed by atoms with Gasteiger partial charge in [0.05, 0.1) is 5.75 Å². The Kier molecular flexibility index (Phi) is 8.85. The highest BCUT2D eigenvalue weighted by atomic mass is 32.2. The van der Waals surface area contributed by atoms with Crippen molar-refractivity contribution < 1.29 is 4.79 Å². The van der Waals surface area contributed by atoms with Crippen LogP contribution in [0.3, 0.4) is 0 Å². The lowest BCUT2D eigenvalue weighted by atomic mass is 10.1. The van der Waals surface area contributed by atoms with Crippen molar-refractivity contribution in [2.45, 2.75) is 90.3 Å². The molecule has 2 heterocycles. The molecular formula is C22H35N5O3S. The maximum atomic E-state index is 13.0. The molecule has 1 amide bonds. The molecule has 0 saturated carbocycles. The molecule has 0 saturated heterocycles. The van der Waals surface area contributed by atoms with Crippen LogP contribution in [0, 0.1) is 0 Å². The quantitative estimate of drug-likeness (QED) is 0.340. The summed E-state index contributed by atoms with van der Waals surface area (Å²) in [4.78, 5) is 47.3. The van der Waals surface area contributed by atoms with Crippen molar-refractivity contribution in [1.29, 1.82) is 0 Å². The Morgan fingerprint density at radius 1 is 1.06 bits per heavy atom. The zero-order valence-corrected chi connectivity index (χ0v) is 20.4. The van der Waals surface area contributed by atoms with Gasteiger partial charge in [-0.3, -0.25) is 18.7 Å². The number of hydrogen-bond acceptors (Lipinski definition) is 6. The molecule has 0 bridgehead atoms. The van der Waals surface area contributed by atoms with E-state index < -0.39 is 5.56 Å². The summed E-state index contributed by atoms with van der Waals surface area (Å²) >= 11 is 1.22. The van der Waals surface area contributed by atoms with E-state index in [2.05, 4.69) is 22.2 Å². The molecule has 2 aromatic rings. The van der Waals surface area contributed by atoms with Gasteiger partial charge in [-0.05, 0) is 33.6 Å². The number of nitrogens with one attached hydrogen (secondary N) is 1. The summed E-state index contributed by atoms with van der Waals surface area (Å²) in [5.74, 6) is 0.613. The van der Waals surface area contributed by atoms with Crippen LogP contribution in [0.5, 0.6) is 0 Å². The maximum absolute atomic E-state index is 13.0. The highest BCUT2D eigenvalue weighted by Gasteiger charge is 2.20. The van der Waals surface area contributed by atoms with E-state index in [1.54, 1.807) is 4.57 Å². The van der Waals surface area contributed by atoms with Gasteiger partial charge in [-0.15, -0.1) is 0 Å². The highest BCUT2D eigenvalue weighted by Crippen LogP contribution is 2.23. The van der Waals surface area contributed by atoms with E-state index in [-0.39, 0.29) is 22.9 Å². The number of aromatic nitrogens is 4. The van der Waals surface area contributed by atoms with E-state index in [0.717, 1.165) is 36.7 Å². The molecule has 8 nitrogen and oxygen atoms in total.